The number of pyridine rings is 1. The van der Waals surface area contributed by atoms with Crippen molar-refractivity contribution in [3.63, 3.8) is 0 Å². The highest BCUT2D eigenvalue weighted by Gasteiger charge is 2.29. The van der Waals surface area contributed by atoms with Crippen LogP contribution in [0.1, 0.15) is 48.2 Å². The normalized spacial score (nSPS) is 15.5. The van der Waals surface area contributed by atoms with Gasteiger partial charge in [-0.25, -0.2) is 13.4 Å². The molecule has 1 aromatic carbocycles. The van der Waals surface area contributed by atoms with Crippen LogP contribution in [0.4, 0.5) is 0 Å². The second-order valence-electron chi connectivity index (χ2n) is 7.72. The van der Waals surface area contributed by atoms with Gasteiger partial charge in [0.05, 0.1) is 17.1 Å². The molecular formula is C22H26N4O3S. The third kappa shape index (κ3) is 4.24. The average Bonchev–Trinajstić information content (AvgIpc) is 3.20. The van der Waals surface area contributed by atoms with Crippen molar-refractivity contribution < 1.29 is 13.2 Å². The first-order valence-corrected chi connectivity index (χ1v) is 11.7. The maximum absolute atomic E-state index is 13.1. The lowest BCUT2D eigenvalue weighted by Gasteiger charge is -2.30. The number of aromatic nitrogens is 2. The molecule has 1 aliphatic carbocycles. The third-order valence-corrected chi connectivity index (χ3v) is 7.61. The fourth-order valence-corrected chi connectivity index (χ4v) is 5.41. The fraction of sp³-hybridized carbons (Fsp3) is 0.364. The summed E-state index contributed by atoms with van der Waals surface area (Å²) in [5, 5.41) is 2.82. The Bertz CT molecular complexity index is 1120. The van der Waals surface area contributed by atoms with Gasteiger partial charge in [-0.3, -0.25) is 4.79 Å². The van der Waals surface area contributed by atoms with E-state index in [-0.39, 0.29) is 23.4 Å². The van der Waals surface area contributed by atoms with Crippen molar-refractivity contribution in [3.05, 3.63) is 66.1 Å². The number of sulfonamides is 1. The molecule has 0 bridgehead atoms. The first-order chi connectivity index (χ1) is 14.4. The molecular weight excluding hydrogens is 400 g/mol. The number of rotatable bonds is 6. The van der Waals surface area contributed by atoms with Crippen LogP contribution in [-0.2, 0) is 16.6 Å². The van der Waals surface area contributed by atoms with E-state index in [9.17, 15) is 13.2 Å². The average molecular weight is 427 g/mol. The zero-order chi connectivity index (χ0) is 21.1. The zero-order valence-corrected chi connectivity index (χ0v) is 17.8. The van der Waals surface area contributed by atoms with Gasteiger partial charge in [-0.15, -0.1) is 0 Å². The number of hydrogen-bond acceptors (Lipinski definition) is 4. The van der Waals surface area contributed by atoms with E-state index in [2.05, 4.69) is 10.3 Å². The molecule has 1 fully saturated rings. The Morgan fingerprint density at radius 2 is 1.97 bits per heavy atom. The van der Waals surface area contributed by atoms with Crippen molar-refractivity contribution in [1.82, 2.24) is 19.0 Å². The highest BCUT2D eigenvalue weighted by molar-refractivity contribution is 7.89. The topological polar surface area (TPSA) is 83.8 Å². The van der Waals surface area contributed by atoms with Gasteiger partial charge in [-0.2, -0.15) is 4.31 Å². The smallest absolute Gasteiger partial charge is 0.251 e. The van der Waals surface area contributed by atoms with Crippen LogP contribution in [0.3, 0.4) is 0 Å². The van der Waals surface area contributed by atoms with Crippen molar-refractivity contribution in [2.45, 2.75) is 49.6 Å². The van der Waals surface area contributed by atoms with Crippen LogP contribution < -0.4 is 5.32 Å². The van der Waals surface area contributed by atoms with E-state index < -0.39 is 10.0 Å². The van der Waals surface area contributed by atoms with Crippen molar-refractivity contribution in [2.24, 2.45) is 0 Å². The van der Waals surface area contributed by atoms with E-state index in [4.69, 9.17) is 0 Å². The molecule has 30 heavy (non-hydrogen) atoms. The van der Waals surface area contributed by atoms with Crippen molar-refractivity contribution in [1.29, 1.82) is 0 Å². The molecule has 2 heterocycles. The highest BCUT2D eigenvalue weighted by atomic mass is 32.2. The van der Waals surface area contributed by atoms with E-state index in [0.717, 1.165) is 43.4 Å². The summed E-state index contributed by atoms with van der Waals surface area (Å²) in [6.07, 6.45) is 8.78. The van der Waals surface area contributed by atoms with Crippen molar-refractivity contribution in [2.75, 3.05) is 7.05 Å². The molecule has 0 aliphatic heterocycles. The van der Waals surface area contributed by atoms with E-state index >= 15 is 0 Å². The van der Waals surface area contributed by atoms with E-state index in [0.29, 0.717) is 5.56 Å². The van der Waals surface area contributed by atoms with Crippen LogP contribution >= 0.6 is 0 Å². The Morgan fingerprint density at radius 3 is 2.73 bits per heavy atom. The lowest BCUT2D eigenvalue weighted by molar-refractivity contribution is 0.0950. The number of nitrogens with one attached hydrogen (secondary N) is 1. The lowest BCUT2D eigenvalue weighted by atomic mass is 9.96. The molecule has 0 saturated heterocycles. The standard InChI is InChI=1S/C22H26N4O3S/c1-25(19-9-3-2-4-10-19)30(28,29)20-11-7-8-17(14-20)22(27)23-15-18-16-26-13-6-5-12-21(26)24-18/h5-8,11-14,16,19H,2-4,9-10,15H2,1H3,(H,23,27). The molecule has 1 N–H and O–H groups in total. The van der Waals surface area contributed by atoms with Crippen LogP contribution in [0.2, 0.25) is 0 Å². The van der Waals surface area contributed by atoms with E-state index in [1.54, 1.807) is 25.2 Å². The molecule has 158 valence electrons. The van der Waals surface area contributed by atoms with Gasteiger partial charge in [-0.05, 0) is 43.2 Å². The van der Waals surface area contributed by atoms with Crippen LogP contribution in [0.25, 0.3) is 5.65 Å². The summed E-state index contributed by atoms with van der Waals surface area (Å²) in [5.41, 5.74) is 1.85. The molecule has 1 saturated carbocycles. The number of hydrogen-bond donors (Lipinski definition) is 1. The second-order valence-corrected chi connectivity index (χ2v) is 9.72. The first-order valence-electron chi connectivity index (χ1n) is 10.2. The van der Waals surface area contributed by atoms with Crippen LogP contribution in [0.5, 0.6) is 0 Å². The maximum atomic E-state index is 13.1. The molecule has 0 spiro atoms. The maximum Gasteiger partial charge on any atom is 0.251 e. The lowest BCUT2D eigenvalue weighted by Crippen LogP contribution is -2.38. The molecule has 2 aromatic heterocycles. The molecule has 8 heteroatoms. The van der Waals surface area contributed by atoms with Crippen molar-refractivity contribution in [3.8, 4) is 0 Å². The van der Waals surface area contributed by atoms with Gasteiger partial charge < -0.3 is 9.72 Å². The molecule has 3 aromatic rings. The van der Waals surface area contributed by atoms with Crippen LogP contribution in [0.15, 0.2) is 59.8 Å². The first kappa shape index (κ1) is 20.6. The predicted octanol–water partition coefficient (Wildman–Crippen LogP) is 3.22. The number of carbonyl (C=O) groups is 1. The van der Waals surface area contributed by atoms with Gasteiger partial charge >= 0.3 is 0 Å². The number of amides is 1. The Labute approximate surface area is 176 Å². The molecule has 0 atom stereocenters. The van der Waals surface area contributed by atoms with Crippen LogP contribution in [0, 0.1) is 0 Å². The zero-order valence-electron chi connectivity index (χ0n) is 17.0. The minimum absolute atomic E-state index is 0.0243. The Morgan fingerprint density at radius 1 is 1.17 bits per heavy atom. The van der Waals surface area contributed by atoms with Gasteiger partial charge in [0.15, 0.2) is 0 Å². The van der Waals surface area contributed by atoms with Crippen LogP contribution in [-0.4, -0.2) is 41.1 Å². The largest absolute Gasteiger partial charge is 0.346 e. The Balaban J connectivity index is 1.47. The summed E-state index contributed by atoms with van der Waals surface area (Å²) in [5.74, 6) is -0.329. The van der Waals surface area contributed by atoms with Gasteiger partial charge in [0.25, 0.3) is 5.91 Å². The molecule has 4 rings (SSSR count). The molecule has 1 aliphatic rings. The minimum Gasteiger partial charge on any atom is -0.346 e. The Kier molecular flexibility index (Phi) is 5.87. The van der Waals surface area contributed by atoms with Crippen molar-refractivity contribution >= 4 is 21.6 Å². The van der Waals surface area contributed by atoms with E-state index in [1.807, 2.05) is 35.0 Å². The third-order valence-electron chi connectivity index (χ3n) is 5.71. The number of imidazole rings is 1. The fourth-order valence-electron chi connectivity index (χ4n) is 3.95. The number of nitrogens with zero attached hydrogens (tertiary/aromatic N) is 3. The summed E-state index contributed by atoms with van der Waals surface area (Å²) in [7, 11) is -2.00. The minimum atomic E-state index is -3.64. The van der Waals surface area contributed by atoms with Gasteiger partial charge in [0.1, 0.15) is 5.65 Å². The molecule has 7 nitrogen and oxygen atoms in total. The second kappa shape index (κ2) is 8.57. The quantitative estimate of drug-likeness (QED) is 0.656. The number of carbonyl (C=O) groups excluding carboxylic acids is 1. The SMILES string of the molecule is CN(C1CCCCC1)S(=O)(=O)c1cccc(C(=O)NCc2cn3ccccc3n2)c1. The molecule has 1 amide bonds. The summed E-state index contributed by atoms with van der Waals surface area (Å²) in [6.45, 7) is 0.263. The number of benzene rings is 1. The van der Waals surface area contributed by atoms with Gasteiger partial charge in [0, 0.05) is 31.0 Å². The monoisotopic (exact) mass is 426 g/mol. The highest BCUT2D eigenvalue weighted by Crippen LogP contribution is 2.26. The Hall–Kier alpha value is -2.71. The predicted molar refractivity (Wildman–Crippen MR) is 115 cm³/mol. The number of fused-ring (bicyclic) bond motifs is 1. The van der Waals surface area contributed by atoms with Gasteiger partial charge in [0.2, 0.25) is 10.0 Å². The summed E-state index contributed by atoms with van der Waals surface area (Å²) >= 11 is 0. The van der Waals surface area contributed by atoms with Gasteiger partial charge in [-0.1, -0.05) is 31.4 Å². The summed E-state index contributed by atoms with van der Waals surface area (Å²) in [6, 6.07) is 12.0. The molecule has 0 radical (unpaired) electrons. The summed E-state index contributed by atoms with van der Waals surface area (Å²) < 4.78 is 29.5. The molecule has 0 unspecified atom stereocenters. The summed E-state index contributed by atoms with van der Waals surface area (Å²) in [4.78, 5) is 17.2. The van der Waals surface area contributed by atoms with E-state index in [1.165, 1.54) is 10.4 Å².